The van der Waals surface area contributed by atoms with Gasteiger partial charge in [0.15, 0.2) is 0 Å². The fourth-order valence-electron chi connectivity index (χ4n) is 2.54. The van der Waals surface area contributed by atoms with Crippen molar-refractivity contribution in [3.8, 4) is 0 Å². The molecule has 0 radical (unpaired) electrons. The number of esters is 1. The average Bonchev–Trinajstić information content (AvgIpc) is 3.26. The Bertz CT molecular complexity index is 541. The van der Waals surface area contributed by atoms with Crippen LogP contribution >= 0.6 is 0 Å². The van der Waals surface area contributed by atoms with Gasteiger partial charge in [-0.25, -0.2) is 0 Å². The molecule has 4 nitrogen and oxygen atoms in total. The van der Waals surface area contributed by atoms with E-state index in [4.69, 9.17) is 4.74 Å². The van der Waals surface area contributed by atoms with Crippen LogP contribution < -0.4 is 0 Å². The van der Waals surface area contributed by atoms with E-state index in [1.807, 2.05) is 51.1 Å². The predicted molar refractivity (Wildman–Crippen MR) is 85.0 cm³/mol. The lowest BCUT2D eigenvalue weighted by molar-refractivity contribution is -0.160. The highest BCUT2D eigenvalue weighted by Crippen LogP contribution is 2.49. The number of amides is 1. The zero-order valence-electron chi connectivity index (χ0n) is 13.9. The molecule has 0 atom stereocenters. The van der Waals surface area contributed by atoms with Crippen molar-refractivity contribution in [1.82, 2.24) is 4.90 Å². The molecule has 0 saturated heterocycles. The van der Waals surface area contributed by atoms with Crippen LogP contribution in [-0.2, 0) is 20.9 Å². The van der Waals surface area contributed by atoms with Crippen molar-refractivity contribution < 1.29 is 14.3 Å². The van der Waals surface area contributed by atoms with Gasteiger partial charge in [-0.05, 0) is 46.1 Å². The Hall–Kier alpha value is -1.84. The van der Waals surface area contributed by atoms with Crippen LogP contribution in [0.4, 0.5) is 0 Å². The number of carbonyl (C=O) groups is 2. The number of hydrogen-bond donors (Lipinski definition) is 0. The lowest BCUT2D eigenvalue weighted by atomic mass is 9.98. The summed E-state index contributed by atoms with van der Waals surface area (Å²) < 4.78 is 5.12. The van der Waals surface area contributed by atoms with Crippen molar-refractivity contribution in [2.75, 3.05) is 6.61 Å². The molecule has 1 aliphatic rings. The topological polar surface area (TPSA) is 46.6 Å². The maximum absolute atomic E-state index is 13.0. The van der Waals surface area contributed by atoms with Crippen LogP contribution in [-0.4, -0.2) is 28.9 Å². The van der Waals surface area contributed by atoms with Crippen LogP contribution in [0.3, 0.4) is 0 Å². The predicted octanol–water partition coefficient (Wildman–Crippen LogP) is 3.16. The van der Waals surface area contributed by atoms with Gasteiger partial charge in [-0.15, -0.1) is 0 Å². The second-order valence-corrected chi connectivity index (χ2v) is 6.85. The fraction of sp³-hybridized carbons (Fsp3) is 0.556. The molecule has 0 N–H and O–H groups in total. The maximum atomic E-state index is 13.0. The number of rotatable bonds is 5. The normalized spacial score (nSPS) is 16.0. The van der Waals surface area contributed by atoms with Crippen LogP contribution in [0.25, 0.3) is 0 Å². The lowest BCUT2D eigenvalue weighted by Crippen LogP contribution is -2.50. The molecule has 0 aromatic heterocycles. The molecule has 0 spiro atoms. The summed E-state index contributed by atoms with van der Waals surface area (Å²) in [5, 5.41) is 0. The molecule has 0 aliphatic heterocycles. The molecule has 22 heavy (non-hydrogen) atoms. The van der Waals surface area contributed by atoms with E-state index in [2.05, 4.69) is 0 Å². The fourth-order valence-corrected chi connectivity index (χ4v) is 2.54. The van der Waals surface area contributed by atoms with Crippen molar-refractivity contribution in [3.63, 3.8) is 0 Å². The molecule has 1 fully saturated rings. The Morgan fingerprint density at radius 2 is 1.77 bits per heavy atom. The molecule has 1 saturated carbocycles. The molecule has 1 amide bonds. The molecule has 0 heterocycles. The van der Waals surface area contributed by atoms with Crippen LogP contribution in [0.15, 0.2) is 30.3 Å². The minimum Gasteiger partial charge on any atom is -0.465 e. The van der Waals surface area contributed by atoms with E-state index in [-0.39, 0.29) is 17.4 Å². The minimum absolute atomic E-state index is 0.109. The van der Waals surface area contributed by atoms with Gasteiger partial charge >= 0.3 is 5.97 Å². The van der Waals surface area contributed by atoms with Crippen molar-refractivity contribution in [2.24, 2.45) is 5.41 Å². The van der Waals surface area contributed by atoms with E-state index in [1.165, 1.54) is 0 Å². The number of benzene rings is 1. The van der Waals surface area contributed by atoms with E-state index in [9.17, 15) is 9.59 Å². The van der Waals surface area contributed by atoms with E-state index < -0.39 is 5.41 Å². The Morgan fingerprint density at radius 3 is 2.23 bits per heavy atom. The summed E-state index contributed by atoms with van der Waals surface area (Å²) in [5.74, 6) is -0.482. The number of hydrogen-bond acceptors (Lipinski definition) is 3. The van der Waals surface area contributed by atoms with Gasteiger partial charge in [0.05, 0.1) is 6.61 Å². The minimum atomic E-state index is -0.946. The van der Waals surface area contributed by atoms with Crippen LogP contribution in [0, 0.1) is 5.41 Å². The van der Waals surface area contributed by atoms with Crippen molar-refractivity contribution in [3.05, 3.63) is 35.9 Å². The second-order valence-electron chi connectivity index (χ2n) is 6.85. The maximum Gasteiger partial charge on any atom is 0.321 e. The summed E-state index contributed by atoms with van der Waals surface area (Å²) in [6.45, 7) is 8.57. The van der Waals surface area contributed by atoms with Gasteiger partial charge in [0.25, 0.3) is 0 Å². The van der Waals surface area contributed by atoms with Gasteiger partial charge in [0.2, 0.25) is 5.91 Å². The zero-order chi connectivity index (χ0) is 16.4. The third-order valence-corrected chi connectivity index (χ3v) is 4.06. The smallest absolute Gasteiger partial charge is 0.321 e. The van der Waals surface area contributed by atoms with E-state index in [0.29, 0.717) is 26.0 Å². The standard InChI is InChI=1S/C18H25NO3/c1-5-22-16(21)18(11-12-18)15(20)19(17(2,3)4)13-14-9-7-6-8-10-14/h6-10H,5,11-13H2,1-4H3. The third kappa shape index (κ3) is 3.32. The summed E-state index contributed by atoms with van der Waals surface area (Å²) in [4.78, 5) is 27.0. The first kappa shape index (κ1) is 16.5. The Morgan fingerprint density at radius 1 is 1.18 bits per heavy atom. The molecule has 1 aromatic carbocycles. The first-order chi connectivity index (χ1) is 10.3. The number of ether oxygens (including phenoxy) is 1. The molecule has 4 heteroatoms. The van der Waals surface area contributed by atoms with E-state index >= 15 is 0 Å². The van der Waals surface area contributed by atoms with E-state index in [0.717, 1.165) is 5.56 Å². The monoisotopic (exact) mass is 303 g/mol. The summed E-state index contributed by atoms with van der Waals surface area (Å²) >= 11 is 0. The Kier molecular flexibility index (Phi) is 4.59. The first-order valence-corrected chi connectivity index (χ1v) is 7.84. The highest BCUT2D eigenvalue weighted by molar-refractivity contribution is 6.05. The third-order valence-electron chi connectivity index (χ3n) is 4.06. The van der Waals surface area contributed by atoms with E-state index in [1.54, 1.807) is 11.8 Å². The number of nitrogens with zero attached hydrogens (tertiary/aromatic N) is 1. The molecule has 0 unspecified atom stereocenters. The summed E-state index contributed by atoms with van der Waals surface area (Å²) in [7, 11) is 0. The van der Waals surface area contributed by atoms with Gasteiger partial charge in [-0.3, -0.25) is 9.59 Å². The zero-order valence-corrected chi connectivity index (χ0v) is 13.9. The van der Waals surface area contributed by atoms with Gasteiger partial charge < -0.3 is 9.64 Å². The van der Waals surface area contributed by atoms with Gasteiger partial charge in [0.1, 0.15) is 5.41 Å². The highest BCUT2D eigenvalue weighted by atomic mass is 16.5. The largest absolute Gasteiger partial charge is 0.465 e. The van der Waals surface area contributed by atoms with Crippen molar-refractivity contribution >= 4 is 11.9 Å². The molecule has 1 aliphatic carbocycles. The van der Waals surface area contributed by atoms with Gasteiger partial charge in [-0.2, -0.15) is 0 Å². The molecule has 120 valence electrons. The number of carbonyl (C=O) groups excluding carboxylic acids is 2. The highest BCUT2D eigenvalue weighted by Gasteiger charge is 2.60. The van der Waals surface area contributed by atoms with Crippen molar-refractivity contribution in [2.45, 2.75) is 52.6 Å². The van der Waals surface area contributed by atoms with Crippen LogP contribution in [0.2, 0.25) is 0 Å². The summed E-state index contributed by atoms with van der Waals surface area (Å²) in [5.41, 5.74) is -0.238. The Labute approximate surface area is 132 Å². The Balaban J connectivity index is 2.23. The van der Waals surface area contributed by atoms with Crippen LogP contribution in [0.5, 0.6) is 0 Å². The second kappa shape index (κ2) is 6.11. The molecule has 0 bridgehead atoms. The average molecular weight is 303 g/mol. The summed E-state index contributed by atoms with van der Waals surface area (Å²) in [6, 6.07) is 9.86. The molecular weight excluding hydrogens is 278 g/mol. The van der Waals surface area contributed by atoms with Gasteiger partial charge in [0, 0.05) is 12.1 Å². The molecular formula is C18H25NO3. The molecule has 1 aromatic rings. The SMILES string of the molecule is CCOC(=O)C1(C(=O)N(Cc2ccccc2)C(C)(C)C)CC1. The quantitative estimate of drug-likeness (QED) is 0.620. The summed E-state index contributed by atoms with van der Waals surface area (Å²) in [6.07, 6.45) is 1.18. The van der Waals surface area contributed by atoms with Gasteiger partial charge in [-0.1, -0.05) is 30.3 Å². The van der Waals surface area contributed by atoms with Crippen molar-refractivity contribution in [1.29, 1.82) is 0 Å². The first-order valence-electron chi connectivity index (χ1n) is 7.84. The lowest BCUT2D eigenvalue weighted by Gasteiger charge is -2.38. The molecule has 2 rings (SSSR count). The van der Waals surface area contributed by atoms with Crippen LogP contribution in [0.1, 0.15) is 46.1 Å².